The van der Waals surface area contributed by atoms with Crippen LogP contribution in [-0.2, 0) is 6.54 Å². The van der Waals surface area contributed by atoms with E-state index in [0.717, 1.165) is 17.7 Å². The topological polar surface area (TPSA) is 63.4 Å². The zero-order valence-electron chi connectivity index (χ0n) is 14.2. The van der Waals surface area contributed by atoms with Crippen LogP contribution >= 0.6 is 0 Å². The predicted molar refractivity (Wildman–Crippen MR) is 91.6 cm³/mol. The summed E-state index contributed by atoms with van der Waals surface area (Å²) in [6.07, 6.45) is 2.53. The van der Waals surface area contributed by atoms with E-state index in [1.807, 2.05) is 55.1 Å². The van der Waals surface area contributed by atoms with Crippen LogP contribution in [0.4, 0.5) is 0 Å². The van der Waals surface area contributed by atoms with Gasteiger partial charge in [-0.1, -0.05) is 37.3 Å². The van der Waals surface area contributed by atoms with Crippen LogP contribution in [0.25, 0.3) is 5.78 Å². The zero-order valence-corrected chi connectivity index (χ0v) is 14.2. The number of carbonyl (C=O) groups is 1. The molecule has 1 amide bonds. The summed E-state index contributed by atoms with van der Waals surface area (Å²) in [5, 5.41) is 4.34. The maximum atomic E-state index is 13.0. The number of aromatic nitrogens is 4. The quantitative estimate of drug-likeness (QED) is 0.724. The molecule has 124 valence electrons. The molecule has 1 aromatic carbocycles. The third-order valence-electron chi connectivity index (χ3n) is 4.20. The van der Waals surface area contributed by atoms with Gasteiger partial charge in [-0.2, -0.15) is 4.98 Å². The first-order chi connectivity index (χ1) is 11.6. The van der Waals surface area contributed by atoms with Gasteiger partial charge in [-0.15, -0.1) is 5.10 Å². The lowest BCUT2D eigenvalue weighted by atomic mass is 10.1. The van der Waals surface area contributed by atoms with Gasteiger partial charge in [0.1, 0.15) is 0 Å². The molecule has 24 heavy (non-hydrogen) atoms. The van der Waals surface area contributed by atoms with Gasteiger partial charge in [-0.3, -0.25) is 4.79 Å². The molecule has 0 aliphatic carbocycles. The Kier molecular flexibility index (Phi) is 4.55. The Hall–Kier alpha value is -2.76. The fourth-order valence-electron chi connectivity index (χ4n) is 2.55. The summed E-state index contributed by atoms with van der Waals surface area (Å²) in [6.45, 7) is 6.56. The number of aryl methyl sites for hydroxylation is 1. The normalized spacial score (nSPS) is 12.3. The van der Waals surface area contributed by atoms with Crippen molar-refractivity contribution in [2.75, 3.05) is 0 Å². The molecule has 6 heteroatoms. The molecule has 0 bridgehead atoms. The fourth-order valence-corrected chi connectivity index (χ4v) is 2.55. The Balaban J connectivity index is 1.93. The Labute approximate surface area is 141 Å². The second-order valence-corrected chi connectivity index (χ2v) is 5.91. The zero-order chi connectivity index (χ0) is 17.1. The highest BCUT2D eigenvalue weighted by molar-refractivity contribution is 5.91. The highest BCUT2D eigenvalue weighted by Gasteiger charge is 2.25. The Morgan fingerprint density at radius 3 is 2.67 bits per heavy atom. The Bertz CT molecular complexity index is 843. The number of carbonyl (C=O) groups excluding carboxylic acids is 1. The number of hydrogen-bond acceptors (Lipinski definition) is 4. The van der Waals surface area contributed by atoms with Gasteiger partial charge in [0.25, 0.3) is 11.7 Å². The van der Waals surface area contributed by atoms with Gasteiger partial charge >= 0.3 is 0 Å². The van der Waals surface area contributed by atoms with E-state index >= 15 is 0 Å². The van der Waals surface area contributed by atoms with Crippen molar-refractivity contribution in [1.82, 2.24) is 24.5 Å². The van der Waals surface area contributed by atoms with Crippen molar-refractivity contribution >= 4 is 11.7 Å². The third kappa shape index (κ3) is 3.13. The summed E-state index contributed by atoms with van der Waals surface area (Å²) in [4.78, 5) is 23.3. The van der Waals surface area contributed by atoms with Crippen LogP contribution in [0.15, 0.2) is 42.6 Å². The molecule has 0 radical (unpaired) electrons. The van der Waals surface area contributed by atoms with Crippen molar-refractivity contribution in [3.05, 3.63) is 59.7 Å². The molecule has 0 fully saturated rings. The summed E-state index contributed by atoms with van der Waals surface area (Å²) in [7, 11) is 0. The maximum absolute atomic E-state index is 13.0. The molecule has 1 atom stereocenters. The lowest BCUT2D eigenvalue weighted by molar-refractivity contribution is 0.0659. The van der Waals surface area contributed by atoms with E-state index in [1.165, 1.54) is 0 Å². The first-order valence-electron chi connectivity index (χ1n) is 8.13. The molecule has 3 rings (SSSR count). The van der Waals surface area contributed by atoms with Gasteiger partial charge in [0, 0.05) is 24.5 Å². The number of hydrogen-bond donors (Lipinski definition) is 0. The summed E-state index contributed by atoms with van der Waals surface area (Å²) >= 11 is 0. The van der Waals surface area contributed by atoms with Crippen LogP contribution in [-0.4, -0.2) is 36.4 Å². The standard InChI is InChI=1S/C18H21N5O/c1-4-13(2)22(12-15-8-6-5-7-9-15)17(24)16-20-18-19-11-10-14(3)23(18)21-16/h5-11,13H,4,12H2,1-3H3/t13-/m0/s1. The molecule has 6 nitrogen and oxygen atoms in total. The number of benzene rings is 1. The van der Waals surface area contributed by atoms with Crippen LogP contribution in [0.3, 0.4) is 0 Å². The van der Waals surface area contributed by atoms with Crippen molar-refractivity contribution in [3.63, 3.8) is 0 Å². The van der Waals surface area contributed by atoms with Gasteiger partial charge in [-0.05, 0) is 31.9 Å². The van der Waals surface area contributed by atoms with E-state index in [1.54, 1.807) is 10.7 Å². The van der Waals surface area contributed by atoms with Crippen LogP contribution < -0.4 is 0 Å². The average Bonchev–Trinajstić information content (AvgIpc) is 3.05. The molecule has 0 aliphatic rings. The molecular weight excluding hydrogens is 302 g/mol. The molecule has 0 spiro atoms. The van der Waals surface area contributed by atoms with Gasteiger partial charge in [0.15, 0.2) is 0 Å². The molecule has 3 aromatic rings. The minimum absolute atomic E-state index is 0.0957. The lowest BCUT2D eigenvalue weighted by Gasteiger charge is -2.27. The van der Waals surface area contributed by atoms with Crippen molar-refractivity contribution < 1.29 is 4.79 Å². The second kappa shape index (κ2) is 6.78. The van der Waals surface area contributed by atoms with Crippen LogP contribution in [0.5, 0.6) is 0 Å². The minimum Gasteiger partial charge on any atom is -0.329 e. The SMILES string of the molecule is CC[C@H](C)N(Cc1ccccc1)C(=O)c1nc2nccc(C)n2n1. The first kappa shape index (κ1) is 16.1. The Morgan fingerprint density at radius 2 is 2.00 bits per heavy atom. The van der Waals surface area contributed by atoms with Crippen molar-refractivity contribution in [1.29, 1.82) is 0 Å². The van der Waals surface area contributed by atoms with E-state index in [-0.39, 0.29) is 17.8 Å². The highest BCUT2D eigenvalue weighted by atomic mass is 16.2. The molecule has 0 saturated carbocycles. The second-order valence-electron chi connectivity index (χ2n) is 5.91. The van der Waals surface area contributed by atoms with Gasteiger partial charge in [0.2, 0.25) is 5.82 Å². The van der Waals surface area contributed by atoms with Crippen molar-refractivity contribution in [2.45, 2.75) is 39.8 Å². The molecule has 2 aromatic heterocycles. The summed E-state index contributed by atoms with van der Waals surface area (Å²) < 4.78 is 1.60. The number of amides is 1. The van der Waals surface area contributed by atoms with E-state index in [4.69, 9.17) is 0 Å². The lowest BCUT2D eigenvalue weighted by Crippen LogP contribution is -2.38. The van der Waals surface area contributed by atoms with E-state index < -0.39 is 0 Å². The molecular formula is C18H21N5O. The number of fused-ring (bicyclic) bond motifs is 1. The predicted octanol–water partition coefficient (Wildman–Crippen LogP) is 2.87. The summed E-state index contributed by atoms with van der Waals surface area (Å²) in [5.41, 5.74) is 1.98. The molecule has 0 saturated heterocycles. The van der Waals surface area contributed by atoms with Crippen LogP contribution in [0, 0.1) is 6.92 Å². The van der Waals surface area contributed by atoms with Gasteiger partial charge in [0.05, 0.1) is 0 Å². The van der Waals surface area contributed by atoms with Crippen molar-refractivity contribution in [2.24, 2.45) is 0 Å². The van der Waals surface area contributed by atoms with E-state index in [9.17, 15) is 4.79 Å². The van der Waals surface area contributed by atoms with Gasteiger partial charge < -0.3 is 4.90 Å². The molecule has 2 heterocycles. The number of nitrogens with zero attached hydrogens (tertiary/aromatic N) is 5. The summed E-state index contributed by atoms with van der Waals surface area (Å²) in [6, 6.07) is 11.9. The minimum atomic E-state index is -0.168. The maximum Gasteiger partial charge on any atom is 0.294 e. The first-order valence-corrected chi connectivity index (χ1v) is 8.13. The monoisotopic (exact) mass is 323 g/mol. The molecule has 0 N–H and O–H groups in total. The summed E-state index contributed by atoms with van der Waals surface area (Å²) in [5.74, 6) is 0.466. The smallest absolute Gasteiger partial charge is 0.294 e. The van der Waals surface area contributed by atoms with Gasteiger partial charge in [-0.25, -0.2) is 9.50 Å². The molecule has 0 aliphatic heterocycles. The largest absolute Gasteiger partial charge is 0.329 e. The third-order valence-corrected chi connectivity index (χ3v) is 4.20. The van der Waals surface area contributed by atoms with Crippen LogP contribution in [0.1, 0.15) is 42.1 Å². The van der Waals surface area contributed by atoms with Crippen LogP contribution in [0.2, 0.25) is 0 Å². The van der Waals surface area contributed by atoms with E-state index in [2.05, 4.69) is 22.0 Å². The molecule has 0 unspecified atom stereocenters. The number of rotatable bonds is 5. The fraction of sp³-hybridized carbons (Fsp3) is 0.333. The average molecular weight is 323 g/mol. The highest BCUT2D eigenvalue weighted by Crippen LogP contribution is 2.14. The Morgan fingerprint density at radius 1 is 1.25 bits per heavy atom. The van der Waals surface area contributed by atoms with Crippen molar-refractivity contribution in [3.8, 4) is 0 Å². The van der Waals surface area contributed by atoms with E-state index in [0.29, 0.717) is 12.3 Å².